The van der Waals surface area contributed by atoms with Crippen LogP contribution in [0.4, 0.5) is 10.1 Å². The average Bonchev–Trinajstić information content (AvgIpc) is 2.35. The number of halogens is 1. The van der Waals surface area contributed by atoms with Crippen molar-refractivity contribution in [3.8, 4) is 0 Å². The molecule has 2 rings (SSSR count). The molecule has 1 aromatic carbocycles. The second-order valence-corrected chi connectivity index (χ2v) is 5.17. The Hall–Kier alpha value is -1.58. The van der Waals surface area contributed by atoms with Crippen molar-refractivity contribution in [2.24, 2.45) is 5.92 Å². The number of benzene rings is 1. The van der Waals surface area contributed by atoms with E-state index in [0.29, 0.717) is 5.56 Å². The van der Waals surface area contributed by atoms with Gasteiger partial charge in [0.25, 0.3) is 5.91 Å². The minimum atomic E-state index is -0.542. The summed E-state index contributed by atoms with van der Waals surface area (Å²) in [6.45, 7) is 2.23. The zero-order valence-electron chi connectivity index (χ0n) is 10.6. The van der Waals surface area contributed by atoms with E-state index in [1.54, 1.807) is 6.07 Å². The van der Waals surface area contributed by atoms with Crippen LogP contribution in [0.5, 0.6) is 0 Å². The number of carbonyl (C=O) groups is 1. The van der Waals surface area contributed by atoms with Crippen molar-refractivity contribution in [3.05, 3.63) is 29.6 Å². The van der Waals surface area contributed by atoms with Crippen LogP contribution < -0.4 is 11.1 Å². The highest BCUT2D eigenvalue weighted by atomic mass is 19.1. The molecule has 98 valence electrons. The highest BCUT2D eigenvalue weighted by Gasteiger charge is 2.20. The maximum absolute atomic E-state index is 13.3. The third-order valence-corrected chi connectivity index (χ3v) is 3.61. The third kappa shape index (κ3) is 3.00. The van der Waals surface area contributed by atoms with Crippen LogP contribution in [0.15, 0.2) is 18.2 Å². The molecular formula is C14H19FN2O. The minimum Gasteiger partial charge on any atom is -0.396 e. The van der Waals surface area contributed by atoms with Gasteiger partial charge < -0.3 is 11.1 Å². The molecule has 0 radical (unpaired) electrons. The first-order chi connectivity index (χ1) is 8.56. The molecule has 1 fully saturated rings. The number of carbonyl (C=O) groups excluding carboxylic acids is 1. The Kier molecular flexibility index (Phi) is 3.84. The Morgan fingerprint density at radius 1 is 1.33 bits per heavy atom. The quantitative estimate of drug-likeness (QED) is 0.793. The molecule has 1 saturated carbocycles. The molecule has 1 aliphatic rings. The van der Waals surface area contributed by atoms with Crippen molar-refractivity contribution in [2.75, 3.05) is 5.73 Å². The number of anilines is 1. The van der Waals surface area contributed by atoms with E-state index in [0.717, 1.165) is 31.6 Å². The summed E-state index contributed by atoms with van der Waals surface area (Å²) in [6, 6.07) is 4.39. The van der Waals surface area contributed by atoms with Gasteiger partial charge in [-0.2, -0.15) is 0 Å². The zero-order valence-corrected chi connectivity index (χ0v) is 10.6. The van der Waals surface area contributed by atoms with Crippen molar-refractivity contribution in [1.29, 1.82) is 0 Å². The molecule has 0 bridgehead atoms. The van der Waals surface area contributed by atoms with Gasteiger partial charge >= 0.3 is 0 Å². The molecular weight excluding hydrogens is 231 g/mol. The number of nitrogen functional groups attached to an aromatic ring is 1. The lowest BCUT2D eigenvalue weighted by atomic mass is 9.87. The number of rotatable bonds is 2. The molecule has 1 amide bonds. The summed E-state index contributed by atoms with van der Waals surface area (Å²) in [4.78, 5) is 11.9. The van der Waals surface area contributed by atoms with Crippen LogP contribution in [0.2, 0.25) is 0 Å². The van der Waals surface area contributed by atoms with E-state index in [1.807, 2.05) is 0 Å². The molecule has 1 aliphatic carbocycles. The Bertz CT molecular complexity index is 439. The summed E-state index contributed by atoms with van der Waals surface area (Å²) >= 11 is 0. The lowest BCUT2D eigenvalue weighted by Crippen LogP contribution is -2.37. The predicted octanol–water partition coefficient (Wildman–Crippen LogP) is 2.72. The van der Waals surface area contributed by atoms with Crippen LogP contribution in [0.25, 0.3) is 0 Å². The number of hydrogen-bond acceptors (Lipinski definition) is 2. The first kappa shape index (κ1) is 12.9. The maximum atomic E-state index is 13.3. The summed E-state index contributed by atoms with van der Waals surface area (Å²) in [5, 5.41) is 2.96. The monoisotopic (exact) mass is 250 g/mol. The van der Waals surface area contributed by atoms with Gasteiger partial charge in [-0.15, -0.1) is 0 Å². The molecule has 0 saturated heterocycles. The summed E-state index contributed by atoms with van der Waals surface area (Å²) in [5.74, 6) is -0.0134. The number of nitrogens with two attached hydrogens (primary N) is 1. The summed E-state index contributed by atoms with van der Waals surface area (Å²) in [5.41, 5.74) is 5.78. The van der Waals surface area contributed by atoms with Crippen LogP contribution in [0.1, 0.15) is 43.0 Å². The number of amides is 1. The van der Waals surface area contributed by atoms with Gasteiger partial charge in [0.1, 0.15) is 5.82 Å². The van der Waals surface area contributed by atoms with Gasteiger partial charge in [-0.25, -0.2) is 4.39 Å². The Balaban J connectivity index is 1.97. The van der Waals surface area contributed by atoms with E-state index in [4.69, 9.17) is 5.73 Å². The molecule has 4 heteroatoms. The van der Waals surface area contributed by atoms with Gasteiger partial charge in [-0.3, -0.25) is 4.79 Å². The molecule has 0 unspecified atom stereocenters. The van der Waals surface area contributed by atoms with Crippen molar-refractivity contribution in [2.45, 2.75) is 38.6 Å². The first-order valence-electron chi connectivity index (χ1n) is 6.42. The van der Waals surface area contributed by atoms with Crippen LogP contribution in [0, 0.1) is 11.7 Å². The lowest BCUT2D eigenvalue weighted by Gasteiger charge is -2.26. The number of hydrogen-bond donors (Lipinski definition) is 2. The summed E-state index contributed by atoms with van der Waals surface area (Å²) in [7, 11) is 0. The average molecular weight is 250 g/mol. The SMILES string of the molecule is CC1CCC(NC(=O)c2ccc(N)c(F)c2)CC1. The van der Waals surface area contributed by atoms with Gasteiger partial charge in [-0.05, 0) is 49.8 Å². The highest BCUT2D eigenvalue weighted by Crippen LogP contribution is 2.23. The molecule has 0 heterocycles. The topological polar surface area (TPSA) is 55.1 Å². The van der Waals surface area contributed by atoms with Crippen LogP contribution in [-0.4, -0.2) is 11.9 Å². The molecule has 0 atom stereocenters. The van der Waals surface area contributed by atoms with E-state index in [-0.39, 0.29) is 17.6 Å². The second kappa shape index (κ2) is 5.38. The lowest BCUT2D eigenvalue weighted by molar-refractivity contribution is 0.0922. The molecule has 0 aromatic heterocycles. The van der Waals surface area contributed by atoms with Gasteiger partial charge in [0, 0.05) is 11.6 Å². The fourth-order valence-corrected chi connectivity index (χ4v) is 2.34. The van der Waals surface area contributed by atoms with E-state index in [1.165, 1.54) is 12.1 Å². The third-order valence-electron chi connectivity index (χ3n) is 3.61. The first-order valence-corrected chi connectivity index (χ1v) is 6.42. The minimum absolute atomic E-state index is 0.0676. The molecule has 1 aromatic rings. The van der Waals surface area contributed by atoms with Crippen molar-refractivity contribution < 1.29 is 9.18 Å². The standard InChI is InChI=1S/C14H19FN2O/c1-9-2-5-11(6-3-9)17-14(18)10-4-7-13(16)12(15)8-10/h4,7-9,11H,2-3,5-6,16H2,1H3,(H,17,18). The second-order valence-electron chi connectivity index (χ2n) is 5.17. The number of nitrogens with one attached hydrogen (secondary N) is 1. The van der Waals surface area contributed by atoms with Gasteiger partial charge in [0.2, 0.25) is 0 Å². The molecule has 3 nitrogen and oxygen atoms in total. The van der Waals surface area contributed by atoms with E-state index >= 15 is 0 Å². The maximum Gasteiger partial charge on any atom is 0.251 e. The molecule has 0 spiro atoms. The van der Waals surface area contributed by atoms with Crippen molar-refractivity contribution in [1.82, 2.24) is 5.32 Å². The fourth-order valence-electron chi connectivity index (χ4n) is 2.34. The normalized spacial score (nSPS) is 23.7. The summed E-state index contributed by atoms with van der Waals surface area (Å²) < 4.78 is 13.3. The molecule has 3 N–H and O–H groups in total. The fraction of sp³-hybridized carbons (Fsp3) is 0.500. The van der Waals surface area contributed by atoms with Crippen molar-refractivity contribution in [3.63, 3.8) is 0 Å². The Morgan fingerprint density at radius 3 is 2.61 bits per heavy atom. The van der Waals surface area contributed by atoms with E-state index < -0.39 is 5.82 Å². The smallest absolute Gasteiger partial charge is 0.251 e. The van der Waals surface area contributed by atoms with E-state index in [2.05, 4.69) is 12.2 Å². The van der Waals surface area contributed by atoms with Crippen LogP contribution in [-0.2, 0) is 0 Å². The van der Waals surface area contributed by atoms with Crippen LogP contribution >= 0.6 is 0 Å². The predicted molar refractivity (Wildman–Crippen MR) is 69.7 cm³/mol. The largest absolute Gasteiger partial charge is 0.396 e. The van der Waals surface area contributed by atoms with Gasteiger partial charge in [-0.1, -0.05) is 6.92 Å². The zero-order chi connectivity index (χ0) is 13.1. The van der Waals surface area contributed by atoms with Crippen LogP contribution in [0.3, 0.4) is 0 Å². The summed E-state index contributed by atoms with van der Waals surface area (Å²) in [6.07, 6.45) is 4.29. The van der Waals surface area contributed by atoms with E-state index in [9.17, 15) is 9.18 Å². The Labute approximate surface area is 107 Å². The van der Waals surface area contributed by atoms with Gasteiger partial charge in [0.15, 0.2) is 0 Å². The van der Waals surface area contributed by atoms with Gasteiger partial charge in [0.05, 0.1) is 5.69 Å². The molecule has 0 aliphatic heterocycles. The molecule has 18 heavy (non-hydrogen) atoms. The highest BCUT2D eigenvalue weighted by molar-refractivity contribution is 5.94. The Morgan fingerprint density at radius 2 is 2.00 bits per heavy atom. The van der Waals surface area contributed by atoms with Crippen molar-refractivity contribution >= 4 is 11.6 Å².